The van der Waals surface area contributed by atoms with E-state index >= 15 is 0 Å². The van der Waals surface area contributed by atoms with E-state index in [1.165, 1.54) is 0 Å². The average molecular weight is 209 g/mol. The molecule has 1 rings (SSSR count). The molecular weight excluding hydrogens is 194 g/mol. The average Bonchev–Trinajstić information content (AvgIpc) is 2.18. The van der Waals surface area contributed by atoms with Crippen LogP contribution in [0.3, 0.4) is 0 Å². The van der Waals surface area contributed by atoms with Crippen molar-refractivity contribution < 1.29 is 15.0 Å². The summed E-state index contributed by atoms with van der Waals surface area (Å²) in [6.45, 7) is -0.0161. The van der Waals surface area contributed by atoms with Crippen LogP contribution in [0.5, 0.6) is 0 Å². The number of rotatable bonds is 5. The van der Waals surface area contributed by atoms with E-state index in [1.807, 2.05) is 30.3 Å². The van der Waals surface area contributed by atoms with Gasteiger partial charge in [0.1, 0.15) is 0 Å². The molecule has 15 heavy (non-hydrogen) atoms. The fourth-order valence-electron chi connectivity index (χ4n) is 1.45. The van der Waals surface area contributed by atoms with Gasteiger partial charge in [0.2, 0.25) is 0 Å². The lowest BCUT2D eigenvalue weighted by Gasteiger charge is -2.15. The molecule has 0 saturated carbocycles. The molecule has 4 heteroatoms. The van der Waals surface area contributed by atoms with E-state index in [-0.39, 0.29) is 12.6 Å². The Labute approximate surface area is 88.6 Å². The molecule has 1 atom stereocenters. The second kappa shape index (κ2) is 6.03. The van der Waals surface area contributed by atoms with Crippen LogP contribution in [0, 0.1) is 0 Å². The molecule has 0 heterocycles. The van der Waals surface area contributed by atoms with Crippen molar-refractivity contribution in [2.24, 2.45) is 0 Å². The van der Waals surface area contributed by atoms with Gasteiger partial charge in [-0.15, -0.1) is 0 Å². The highest BCUT2D eigenvalue weighted by Crippen LogP contribution is 2.05. The Hall–Kier alpha value is -1.55. The summed E-state index contributed by atoms with van der Waals surface area (Å²) >= 11 is 0. The third-order valence-corrected chi connectivity index (χ3v) is 2.13. The predicted molar refractivity (Wildman–Crippen MR) is 56.8 cm³/mol. The number of hydrogen-bond donors (Lipinski definition) is 3. The van der Waals surface area contributed by atoms with Crippen molar-refractivity contribution in [2.45, 2.75) is 18.9 Å². The molecule has 1 aromatic rings. The van der Waals surface area contributed by atoms with Crippen LogP contribution >= 0.6 is 0 Å². The lowest BCUT2D eigenvalue weighted by atomic mass is 10.0. The molecule has 0 aliphatic heterocycles. The first-order valence-corrected chi connectivity index (χ1v) is 4.86. The Morgan fingerprint density at radius 3 is 2.53 bits per heavy atom. The van der Waals surface area contributed by atoms with Crippen LogP contribution in [0.1, 0.15) is 12.0 Å². The Balaban J connectivity index is 2.54. The summed E-state index contributed by atoms with van der Waals surface area (Å²) in [5.41, 5.74) is 1.06. The molecule has 82 valence electrons. The maximum Gasteiger partial charge on any atom is 0.404 e. The number of aliphatic hydroxyl groups is 1. The minimum absolute atomic E-state index is 0.0161. The molecule has 0 saturated heterocycles. The van der Waals surface area contributed by atoms with Gasteiger partial charge in [-0.2, -0.15) is 0 Å². The first kappa shape index (κ1) is 11.5. The number of nitrogens with one attached hydrogen (secondary N) is 1. The number of carboxylic acid groups (broad SMARTS) is 1. The lowest BCUT2D eigenvalue weighted by Crippen LogP contribution is -2.36. The zero-order valence-corrected chi connectivity index (χ0v) is 8.39. The summed E-state index contributed by atoms with van der Waals surface area (Å²) in [7, 11) is 0. The largest absolute Gasteiger partial charge is 0.465 e. The van der Waals surface area contributed by atoms with Crippen molar-refractivity contribution >= 4 is 6.09 Å². The number of aliphatic hydroxyl groups excluding tert-OH is 1. The van der Waals surface area contributed by atoms with Crippen LogP contribution in [0.4, 0.5) is 4.79 Å². The maximum atomic E-state index is 10.5. The molecule has 4 nitrogen and oxygen atoms in total. The molecule has 1 amide bonds. The molecule has 3 N–H and O–H groups in total. The Morgan fingerprint density at radius 1 is 1.33 bits per heavy atom. The van der Waals surface area contributed by atoms with Gasteiger partial charge in [0, 0.05) is 12.6 Å². The molecule has 0 aliphatic rings. The van der Waals surface area contributed by atoms with Crippen LogP contribution in [-0.4, -0.2) is 29.0 Å². The summed E-state index contributed by atoms with van der Waals surface area (Å²) < 4.78 is 0. The van der Waals surface area contributed by atoms with Crippen molar-refractivity contribution in [1.82, 2.24) is 5.32 Å². The van der Waals surface area contributed by atoms with Crippen LogP contribution < -0.4 is 5.32 Å². The van der Waals surface area contributed by atoms with Gasteiger partial charge >= 0.3 is 6.09 Å². The Morgan fingerprint density at radius 2 is 2.00 bits per heavy atom. The summed E-state index contributed by atoms with van der Waals surface area (Å²) in [4.78, 5) is 10.5. The van der Waals surface area contributed by atoms with Crippen LogP contribution in [0.2, 0.25) is 0 Å². The molecule has 1 unspecified atom stereocenters. The third-order valence-electron chi connectivity index (χ3n) is 2.13. The zero-order valence-electron chi connectivity index (χ0n) is 8.39. The fourth-order valence-corrected chi connectivity index (χ4v) is 1.45. The zero-order chi connectivity index (χ0) is 11.1. The van der Waals surface area contributed by atoms with Gasteiger partial charge in [-0.3, -0.25) is 0 Å². The van der Waals surface area contributed by atoms with E-state index in [0.29, 0.717) is 12.8 Å². The molecule has 1 aromatic carbocycles. The highest BCUT2D eigenvalue weighted by atomic mass is 16.4. The predicted octanol–water partition coefficient (Wildman–Crippen LogP) is 1.25. The lowest BCUT2D eigenvalue weighted by molar-refractivity contribution is 0.185. The molecule has 0 radical (unpaired) electrons. The number of hydrogen-bond acceptors (Lipinski definition) is 2. The Bertz CT molecular complexity index is 300. The highest BCUT2D eigenvalue weighted by molar-refractivity contribution is 5.64. The highest BCUT2D eigenvalue weighted by Gasteiger charge is 2.11. The van der Waals surface area contributed by atoms with Gasteiger partial charge < -0.3 is 15.5 Å². The van der Waals surface area contributed by atoms with E-state index in [0.717, 1.165) is 5.56 Å². The van der Waals surface area contributed by atoms with Gasteiger partial charge in [-0.1, -0.05) is 30.3 Å². The van der Waals surface area contributed by atoms with Crippen molar-refractivity contribution in [1.29, 1.82) is 0 Å². The van der Waals surface area contributed by atoms with E-state index < -0.39 is 6.09 Å². The van der Waals surface area contributed by atoms with Gasteiger partial charge in [0.15, 0.2) is 0 Å². The number of carbonyl (C=O) groups is 1. The summed E-state index contributed by atoms with van der Waals surface area (Å²) in [6.07, 6.45) is -0.0149. The van der Waals surface area contributed by atoms with E-state index in [9.17, 15) is 4.79 Å². The number of amides is 1. The number of benzene rings is 1. The molecule has 0 aromatic heterocycles. The van der Waals surface area contributed by atoms with Crippen LogP contribution in [0.15, 0.2) is 30.3 Å². The normalized spacial score (nSPS) is 12.1. The quantitative estimate of drug-likeness (QED) is 0.683. The second-order valence-corrected chi connectivity index (χ2v) is 3.35. The van der Waals surface area contributed by atoms with Gasteiger partial charge in [-0.05, 0) is 18.4 Å². The molecule has 0 bridgehead atoms. The molecule has 0 fully saturated rings. The molecular formula is C11H15NO3. The summed E-state index contributed by atoms with van der Waals surface area (Å²) in [6, 6.07) is 9.38. The van der Waals surface area contributed by atoms with E-state index in [1.54, 1.807) is 0 Å². The Kier molecular flexibility index (Phi) is 4.63. The van der Waals surface area contributed by atoms with Crippen molar-refractivity contribution in [3.8, 4) is 0 Å². The summed E-state index contributed by atoms with van der Waals surface area (Å²) in [5, 5.41) is 19.8. The monoisotopic (exact) mass is 209 g/mol. The smallest absolute Gasteiger partial charge is 0.404 e. The van der Waals surface area contributed by atoms with E-state index in [2.05, 4.69) is 5.32 Å². The van der Waals surface area contributed by atoms with Crippen LogP contribution in [0.25, 0.3) is 0 Å². The van der Waals surface area contributed by atoms with Gasteiger partial charge in [-0.25, -0.2) is 4.79 Å². The van der Waals surface area contributed by atoms with Crippen molar-refractivity contribution in [3.05, 3.63) is 35.9 Å². The minimum Gasteiger partial charge on any atom is -0.465 e. The van der Waals surface area contributed by atoms with E-state index in [4.69, 9.17) is 10.2 Å². The topological polar surface area (TPSA) is 69.6 Å². The second-order valence-electron chi connectivity index (χ2n) is 3.35. The minimum atomic E-state index is -1.05. The molecule has 0 spiro atoms. The fraction of sp³-hybridized carbons (Fsp3) is 0.364. The SMILES string of the molecule is O=C(O)NC(CCO)Cc1ccccc1. The standard InChI is InChI=1S/C11H15NO3/c13-7-6-10(12-11(14)15)8-9-4-2-1-3-5-9/h1-5,10,12-13H,6-8H2,(H,14,15). The summed E-state index contributed by atoms with van der Waals surface area (Å²) in [5.74, 6) is 0. The first-order chi connectivity index (χ1) is 7.22. The maximum absolute atomic E-state index is 10.5. The van der Waals surface area contributed by atoms with Crippen molar-refractivity contribution in [3.63, 3.8) is 0 Å². The third kappa shape index (κ3) is 4.46. The van der Waals surface area contributed by atoms with Gasteiger partial charge in [0.25, 0.3) is 0 Å². The molecule has 0 aliphatic carbocycles. The van der Waals surface area contributed by atoms with Crippen molar-refractivity contribution in [2.75, 3.05) is 6.61 Å². The first-order valence-electron chi connectivity index (χ1n) is 4.86. The van der Waals surface area contributed by atoms with Gasteiger partial charge in [0.05, 0.1) is 0 Å². The van der Waals surface area contributed by atoms with Crippen LogP contribution in [-0.2, 0) is 6.42 Å².